The number of hydrogen-bond acceptors (Lipinski definition) is 4. The summed E-state index contributed by atoms with van der Waals surface area (Å²) in [7, 11) is 0. The van der Waals surface area contributed by atoms with Gasteiger partial charge in [-0.2, -0.15) is 13.2 Å². The molecule has 2 aromatic carbocycles. The highest BCUT2D eigenvalue weighted by molar-refractivity contribution is 7.98. The molecule has 0 unspecified atom stereocenters. The van der Waals surface area contributed by atoms with E-state index in [1.807, 2.05) is 24.5 Å². The van der Waals surface area contributed by atoms with Gasteiger partial charge in [-0.3, -0.25) is 10.1 Å². The number of aromatic nitrogens is 1. The van der Waals surface area contributed by atoms with Crippen molar-refractivity contribution in [3.63, 3.8) is 0 Å². The van der Waals surface area contributed by atoms with E-state index in [2.05, 4.69) is 10.3 Å². The Kier molecular flexibility index (Phi) is 4.51. The Bertz CT molecular complexity index is 888. The lowest BCUT2D eigenvalue weighted by Crippen LogP contribution is -2.12. The summed E-state index contributed by atoms with van der Waals surface area (Å²) < 4.78 is 38.6. The van der Waals surface area contributed by atoms with Gasteiger partial charge in [0.2, 0.25) is 0 Å². The maximum Gasteiger partial charge on any atom is 0.416 e. The van der Waals surface area contributed by atoms with Crippen molar-refractivity contribution in [2.45, 2.75) is 11.1 Å². The molecule has 0 aliphatic heterocycles. The van der Waals surface area contributed by atoms with Crippen LogP contribution in [0, 0.1) is 0 Å². The quantitative estimate of drug-likeness (QED) is 0.639. The fourth-order valence-corrected chi connectivity index (χ4v) is 3.64. The fraction of sp³-hybridized carbons (Fsp3) is 0.125. The summed E-state index contributed by atoms with van der Waals surface area (Å²) in [6.07, 6.45) is -2.48. The number of halogens is 3. The van der Waals surface area contributed by atoms with E-state index in [1.165, 1.54) is 11.3 Å². The van der Waals surface area contributed by atoms with Gasteiger partial charge in [0.15, 0.2) is 5.13 Å². The topological polar surface area (TPSA) is 42.0 Å². The molecule has 124 valence electrons. The molecule has 0 radical (unpaired) electrons. The number of rotatable bonds is 3. The Labute approximate surface area is 143 Å². The van der Waals surface area contributed by atoms with Crippen LogP contribution in [0.5, 0.6) is 0 Å². The van der Waals surface area contributed by atoms with E-state index in [0.717, 1.165) is 39.4 Å². The molecule has 8 heteroatoms. The summed E-state index contributed by atoms with van der Waals surface area (Å²) in [5.41, 5.74) is 0.161. The molecule has 1 aromatic heterocycles. The van der Waals surface area contributed by atoms with Crippen molar-refractivity contribution in [3.8, 4) is 0 Å². The molecule has 1 N–H and O–H groups in total. The van der Waals surface area contributed by atoms with E-state index in [0.29, 0.717) is 5.13 Å². The highest BCUT2D eigenvalue weighted by Gasteiger charge is 2.30. The lowest BCUT2D eigenvalue weighted by molar-refractivity contribution is -0.137. The third-order valence-corrected chi connectivity index (χ3v) is 5.00. The molecule has 3 aromatic rings. The summed E-state index contributed by atoms with van der Waals surface area (Å²) in [6, 6.07) is 9.83. The van der Waals surface area contributed by atoms with Crippen molar-refractivity contribution in [1.29, 1.82) is 0 Å². The second kappa shape index (κ2) is 6.45. The average molecular weight is 368 g/mol. The van der Waals surface area contributed by atoms with E-state index in [4.69, 9.17) is 0 Å². The first-order chi connectivity index (χ1) is 11.4. The van der Waals surface area contributed by atoms with Crippen LogP contribution in [-0.2, 0) is 6.18 Å². The van der Waals surface area contributed by atoms with Crippen LogP contribution in [0.2, 0.25) is 0 Å². The minimum absolute atomic E-state index is 0.146. The second-order valence-corrected chi connectivity index (χ2v) is 6.73. The minimum atomic E-state index is -4.42. The van der Waals surface area contributed by atoms with Crippen LogP contribution < -0.4 is 5.32 Å². The third-order valence-electron chi connectivity index (χ3n) is 3.30. The Hall–Kier alpha value is -2.06. The van der Waals surface area contributed by atoms with Gasteiger partial charge in [0.1, 0.15) is 0 Å². The van der Waals surface area contributed by atoms with Crippen molar-refractivity contribution in [2.75, 3.05) is 11.6 Å². The van der Waals surface area contributed by atoms with E-state index >= 15 is 0 Å². The molecule has 3 nitrogen and oxygen atoms in total. The highest BCUT2D eigenvalue weighted by atomic mass is 32.2. The van der Waals surface area contributed by atoms with Crippen LogP contribution >= 0.6 is 23.1 Å². The number of thioether (sulfide) groups is 1. The van der Waals surface area contributed by atoms with E-state index in [9.17, 15) is 18.0 Å². The van der Waals surface area contributed by atoms with Crippen molar-refractivity contribution in [1.82, 2.24) is 4.98 Å². The lowest BCUT2D eigenvalue weighted by atomic mass is 10.1. The van der Waals surface area contributed by atoms with Gasteiger partial charge in [0.25, 0.3) is 5.91 Å². The van der Waals surface area contributed by atoms with Gasteiger partial charge in [-0.25, -0.2) is 4.98 Å². The lowest BCUT2D eigenvalue weighted by Gasteiger charge is -2.07. The van der Waals surface area contributed by atoms with Gasteiger partial charge in [-0.1, -0.05) is 17.4 Å². The number of nitrogens with one attached hydrogen (secondary N) is 1. The van der Waals surface area contributed by atoms with Crippen molar-refractivity contribution in [3.05, 3.63) is 53.6 Å². The molecule has 24 heavy (non-hydrogen) atoms. The van der Waals surface area contributed by atoms with Gasteiger partial charge in [-0.15, -0.1) is 11.8 Å². The molecule has 0 aliphatic carbocycles. The molecule has 0 aliphatic rings. The first kappa shape index (κ1) is 16.8. The summed E-state index contributed by atoms with van der Waals surface area (Å²) >= 11 is 2.88. The molecule has 0 spiro atoms. The zero-order chi connectivity index (χ0) is 17.3. The molecular weight excluding hydrogens is 357 g/mol. The Balaban J connectivity index is 1.82. The maximum atomic E-state index is 12.5. The third kappa shape index (κ3) is 3.39. The number of benzene rings is 2. The average Bonchev–Trinajstić information content (AvgIpc) is 2.96. The number of hydrogen-bond donors (Lipinski definition) is 1. The largest absolute Gasteiger partial charge is 0.416 e. The standard InChI is InChI=1S/C16H11F3N2OS2/c1-23-11-3-2-4-12-13(11)20-15(24-12)21-14(22)9-5-7-10(8-6-9)16(17,18)19/h2-8H,1H3,(H,20,21,22). The van der Waals surface area contributed by atoms with Gasteiger partial charge < -0.3 is 0 Å². The Morgan fingerprint density at radius 2 is 1.88 bits per heavy atom. The number of nitrogens with zero attached hydrogens (tertiary/aromatic N) is 1. The van der Waals surface area contributed by atoms with Crippen LogP contribution in [0.25, 0.3) is 10.2 Å². The van der Waals surface area contributed by atoms with Crippen LogP contribution in [0.3, 0.4) is 0 Å². The summed E-state index contributed by atoms with van der Waals surface area (Å²) in [5, 5.41) is 3.05. The summed E-state index contributed by atoms with van der Waals surface area (Å²) in [4.78, 5) is 17.6. The predicted octanol–water partition coefficient (Wildman–Crippen LogP) is 5.29. The van der Waals surface area contributed by atoms with Gasteiger partial charge in [0, 0.05) is 10.5 Å². The minimum Gasteiger partial charge on any atom is -0.298 e. The molecule has 3 rings (SSSR count). The summed E-state index contributed by atoms with van der Waals surface area (Å²) in [5.74, 6) is -0.492. The van der Waals surface area contributed by atoms with Crippen molar-refractivity contribution >= 4 is 44.4 Å². The van der Waals surface area contributed by atoms with Crippen LogP contribution in [-0.4, -0.2) is 17.1 Å². The number of alkyl halides is 3. The van der Waals surface area contributed by atoms with Crippen LogP contribution in [0.1, 0.15) is 15.9 Å². The Morgan fingerprint density at radius 1 is 1.17 bits per heavy atom. The second-order valence-electron chi connectivity index (χ2n) is 4.86. The van der Waals surface area contributed by atoms with Crippen molar-refractivity contribution in [2.24, 2.45) is 0 Å². The monoisotopic (exact) mass is 368 g/mol. The van der Waals surface area contributed by atoms with Crippen LogP contribution in [0.4, 0.5) is 18.3 Å². The van der Waals surface area contributed by atoms with E-state index in [-0.39, 0.29) is 5.56 Å². The highest BCUT2D eigenvalue weighted by Crippen LogP contribution is 2.33. The Morgan fingerprint density at radius 3 is 2.50 bits per heavy atom. The molecule has 0 bridgehead atoms. The molecule has 0 saturated heterocycles. The fourth-order valence-electron chi connectivity index (χ4n) is 2.12. The zero-order valence-corrected chi connectivity index (χ0v) is 14.0. The first-order valence-electron chi connectivity index (χ1n) is 6.80. The number of thiazole rings is 1. The SMILES string of the molecule is CSc1cccc2sc(NC(=O)c3ccc(C(F)(F)F)cc3)nc12. The maximum absolute atomic E-state index is 12.5. The van der Waals surface area contributed by atoms with Crippen LogP contribution in [0.15, 0.2) is 47.4 Å². The molecular formula is C16H11F3N2OS2. The first-order valence-corrected chi connectivity index (χ1v) is 8.85. The van der Waals surface area contributed by atoms with E-state index < -0.39 is 17.6 Å². The van der Waals surface area contributed by atoms with E-state index in [1.54, 1.807) is 11.8 Å². The van der Waals surface area contributed by atoms with Crippen molar-refractivity contribution < 1.29 is 18.0 Å². The number of amides is 1. The molecule has 1 heterocycles. The van der Waals surface area contributed by atoms with Gasteiger partial charge in [-0.05, 0) is 42.7 Å². The number of para-hydroxylation sites is 1. The number of fused-ring (bicyclic) bond motifs is 1. The molecule has 1 amide bonds. The smallest absolute Gasteiger partial charge is 0.298 e. The summed E-state index contributed by atoms with van der Waals surface area (Å²) in [6.45, 7) is 0. The number of carbonyl (C=O) groups is 1. The molecule has 0 atom stereocenters. The predicted molar refractivity (Wildman–Crippen MR) is 90.8 cm³/mol. The van der Waals surface area contributed by atoms with Gasteiger partial charge in [0.05, 0.1) is 15.8 Å². The molecule has 0 fully saturated rings. The molecule has 0 saturated carbocycles. The normalized spacial score (nSPS) is 11.7. The van der Waals surface area contributed by atoms with Gasteiger partial charge >= 0.3 is 6.18 Å². The zero-order valence-electron chi connectivity index (χ0n) is 12.3. The number of anilines is 1. The number of carbonyl (C=O) groups excluding carboxylic acids is 1.